The molecule has 0 fully saturated rings. The molecule has 0 saturated carbocycles. The van der Waals surface area contributed by atoms with Crippen LogP contribution < -0.4 is 19.5 Å². The summed E-state index contributed by atoms with van der Waals surface area (Å²) in [6.07, 6.45) is 0. The van der Waals surface area contributed by atoms with Crippen LogP contribution in [-0.2, 0) is 4.79 Å². The highest BCUT2D eigenvalue weighted by Crippen LogP contribution is 2.32. The van der Waals surface area contributed by atoms with Gasteiger partial charge in [-0.25, -0.2) is 0 Å². The molecule has 23 heavy (non-hydrogen) atoms. The van der Waals surface area contributed by atoms with Crippen LogP contribution in [0.1, 0.15) is 11.5 Å². The van der Waals surface area contributed by atoms with Crippen LogP contribution in [0.2, 0.25) is 0 Å². The Balaban J connectivity index is 1.49. The summed E-state index contributed by atoms with van der Waals surface area (Å²) in [5.41, 5.74) is 1.14. The standard InChI is InChI=1S/C18H19NO4/c1-21-16-8-4-5-9-17(16)23-12-18(20)19-10-13-11-22-15-7-3-2-6-14(13)15/h2-9,13H,10-12H2,1H3,(H,19,20). The van der Waals surface area contributed by atoms with Gasteiger partial charge in [-0.05, 0) is 18.2 Å². The Kier molecular flexibility index (Phi) is 4.66. The molecule has 5 nitrogen and oxygen atoms in total. The van der Waals surface area contributed by atoms with E-state index in [2.05, 4.69) is 5.32 Å². The maximum Gasteiger partial charge on any atom is 0.257 e. The molecule has 1 amide bonds. The summed E-state index contributed by atoms with van der Waals surface area (Å²) in [7, 11) is 1.57. The van der Waals surface area contributed by atoms with Gasteiger partial charge < -0.3 is 19.5 Å². The van der Waals surface area contributed by atoms with Crippen LogP contribution in [0.5, 0.6) is 17.2 Å². The number of para-hydroxylation sites is 3. The van der Waals surface area contributed by atoms with Crippen molar-refractivity contribution in [2.45, 2.75) is 5.92 Å². The van der Waals surface area contributed by atoms with E-state index in [1.807, 2.05) is 36.4 Å². The normalized spacial score (nSPS) is 15.4. The minimum atomic E-state index is -0.166. The lowest BCUT2D eigenvalue weighted by Crippen LogP contribution is -2.32. The van der Waals surface area contributed by atoms with E-state index < -0.39 is 0 Å². The molecule has 1 aliphatic rings. The van der Waals surface area contributed by atoms with Crippen molar-refractivity contribution in [3.8, 4) is 17.2 Å². The summed E-state index contributed by atoms with van der Waals surface area (Å²) in [5, 5.41) is 2.89. The number of amides is 1. The van der Waals surface area contributed by atoms with Crippen LogP contribution in [0.3, 0.4) is 0 Å². The first-order chi connectivity index (χ1) is 11.3. The third-order valence-electron chi connectivity index (χ3n) is 3.77. The highest BCUT2D eigenvalue weighted by molar-refractivity contribution is 5.77. The van der Waals surface area contributed by atoms with Gasteiger partial charge in [-0.3, -0.25) is 4.79 Å². The van der Waals surface area contributed by atoms with E-state index >= 15 is 0 Å². The van der Waals surface area contributed by atoms with Crippen molar-refractivity contribution < 1.29 is 19.0 Å². The zero-order valence-electron chi connectivity index (χ0n) is 13.0. The number of carbonyl (C=O) groups is 1. The van der Waals surface area contributed by atoms with E-state index in [-0.39, 0.29) is 18.4 Å². The maximum absolute atomic E-state index is 12.0. The van der Waals surface area contributed by atoms with Crippen LogP contribution in [0.25, 0.3) is 0 Å². The van der Waals surface area contributed by atoms with E-state index in [1.54, 1.807) is 19.2 Å². The van der Waals surface area contributed by atoms with E-state index in [1.165, 1.54) is 0 Å². The lowest BCUT2D eigenvalue weighted by molar-refractivity contribution is -0.123. The van der Waals surface area contributed by atoms with Crippen molar-refractivity contribution >= 4 is 5.91 Å². The molecule has 1 unspecified atom stereocenters. The number of nitrogens with one attached hydrogen (secondary N) is 1. The van der Waals surface area contributed by atoms with Crippen molar-refractivity contribution in [3.63, 3.8) is 0 Å². The number of hydrogen-bond donors (Lipinski definition) is 1. The average Bonchev–Trinajstić information content (AvgIpc) is 3.01. The number of rotatable bonds is 6. The quantitative estimate of drug-likeness (QED) is 0.889. The summed E-state index contributed by atoms with van der Waals surface area (Å²) in [5.74, 6) is 2.08. The zero-order chi connectivity index (χ0) is 16.1. The number of hydrogen-bond acceptors (Lipinski definition) is 4. The molecule has 1 heterocycles. The van der Waals surface area contributed by atoms with Gasteiger partial charge in [0.25, 0.3) is 5.91 Å². The number of benzene rings is 2. The first-order valence-corrected chi connectivity index (χ1v) is 7.52. The molecule has 1 N–H and O–H groups in total. The van der Waals surface area contributed by atoms with Crippen LogP contribution >= 0.6 is 0 Å². The largest absolute Gasteiger partial charge is 0.493 e. The molecule has 0 bridgehead atoms. The van der Waals surface area contributed by atoms with Gasteiger partial charge in [0, 0.05) is 18.0 Å². The van der Waals surface area contributed by atoms with Gasteiger partial charge in [0.05, 0.1) is 13.7 Å². The minimum Gasteiger partial charge on any atom is -0.493 e. The molecule has 0 spiro atoms. The second-order valence-electron chi connectivity index (χ2n) is 5.29. The van der Waals surface area contributed by atoms with Crippen molar-refractivity contribution in [1.82, 2.24) is 5.32 Å². The van der Waals surface area contributed by atoms with Crippen LogP contribution in [0, 0.1) is 0 Å². The van der Waals surface area contributed by atoms with Crippen molar-refractivity contribution in [2.75, 3.05) is 26.9 Å². The fourth-order valence-corrected chi connectivity index (χ4v) is 2.57. The Hall–Kier alpha value is -2.69. The molecule has 1 aliphatic heterocycles. The molecular weight excluding hydrogens is 294 g/mol. The van der Waals surface area contributed by atoms with E-state index in [0.29, 0.717) is 24.7 Å². The van der Waals surface area contributed by atoms with Gasteiger partial charge in [-0.2, -0.15) is 0 Å². The third kappa shape index (κ3) is 3.56. The van der Waals surface area contributed by atoms with Crippen molar-refractivity contribution in [3.05, 3.63) is 54.1 Å². The van der Waals surface area contributed by atoms with Gasteiger partial charge >= 0.3 is 0 Å². The number of fused-ring (bicyclic) bond motifs is 1. The smallest absolute Gasteiger partial charge is 0.257 e. The fraction of sp³-hybridized carbons (Fsp3) is 0.278. The minimum absolute atomic E-state index is 0.0460. The SMILES string of the molecule is COc1ccccc1OCC(=O)NCC1COc2ccccc21. The molecule has 3 rings (SSSR count). The molecule has 2 aromatic rings. The Morgan fingerprint density at radius 1 is 1.17 bits per heavy atom. The third-order valence-corrected chi connectivity index (χ3v) is 3.77. The molecule has 120 valence electrons. The molecule has 0 saturated heterocycles. The molecule has 1 atom stereocenters. The second-order valence-corrected chi connectivity index (χ2v) is 5.29. The lowest BCUT2D eigenvalue weighted by atomic mass is 10.0. The Morgan fingerprint density at radius 3 is 2.74 bits per heavy atom. The first-order valence-electron chi connectivity index (χ1n) is 7.52. The molecule has 2 aromatic carbocycles. The van der Waals surface area contributed by atoms with E-state index in [0.717, 1.165) is 11.3 Å². The van der Waals surface area contributed by atoms with Crippen LogP contribution in [-0.4, -0.2) is 32.8 Å². The van der Waals surface area contributed by atoms with Crippen molar-refractivity contribution in [1.29, 1.82) is 0 Å². The molecular formula is C18H19NO4. The summed E-state index contributed by atoms with van der Waals surface area (Å²) in [6, 6.07) is 15.2. The summed E-state index contributed by atoms with van der Waals surface area (Å²) in [6.45, 7) is 1.08. The molecule has 0 aromatic heterocycles. The van der Waals surface area contributed by atoms with Gasteiger partial charge in [-0.15, -0.1) is 0 Å². The van der Waals surface area contributed by atoms with E-state index in [4.69, 9.17) is 14.2 Å². The number of ether oxygens (including phenoxy) is 3. The van der Waals surface area contributed by atoms with Crippen molar-refractivity contribution in [2.24, 2.45) is 0 Å². The van der Waals surface area contributed by atoms with Gasteiger partial charge in [0.15, 0.2) is 18.1 Å². The van der Waals surface area contributed by atoms with Gasteiger partial charge in [0.2, 0.25) is 0 Å². The highest BCUT2D eigenvalue weighted by Gasteiger charge is 2.23. The molecule has 0 aliphatic carbocycles. The fourth-order valence-electron chi connectivity index (χ4n) is 2.57. The predicted molar refractivity (Wildman–Crippen MR) is 86.2 cm³/mol. The zero-order valence-corrected chi connectivity index (χ0v) is 13.0. The summed E-state index contributed by atoms with van der Waals surface area (Å²) >= 11 is 0. The molecule has 5 heteroatoms. The monoisotopic (exact) mass is 313 g/mol. The van der Waals surface area contributed by atoms with Gasteiger partial charge in [0.1, 0.15) is 5.75 Å². The van der Waals surface area contributed by atoms with E-state index in [9.17, 15) is 4.79 Å². The second kappa shape index (κ2) is 7.05. The van der Waals surface area contributed by atoms with Crippen LogP contribution in [0.15, 0.2) is 48.5 Å². The Morgan fingerprint density at radius 2 is 1.91 bits per heavy atom. The van der Waals surface area contributed by atoms with Crippen LogP contribution in [0.4, 0.5) is 0 Å². The number of methoxy groups -OCH3 is 1. The lowest BCUT2D eigenvalue weighted by Gasteiger charge is -2.12. The number of carbonyl (C=O) groups excluding carboxylic acids is 1. The average molecular weight is 313 g/mol. The Labute approximate surface area is 135 Å². The topological polar surface area (TPSA) is 56.8 Å². The summed E-state index contributed by atoms with van der Waals surface area (Å²) < 4.78 is 16.3. The predicted octanol–water partition coefficient (Wildman–Crippen LogP) is 2.37. The Bertz CT molecular complexity index is 686. The summed E-state index contributed by atoms with van der Waals surface area (Å²) in [4.78, 5) is 12.0. The molecule has 0 radical (unpaired) electrons. The van der Waals surface area contributed by atoms with Gasteiger partial charge in [-0.1, -0.05) is 30.3 Å². The first kappa shape index (κ1) is 15.2. The maximum atomic E-state index is 12.0. The highest BCUT2D eigenvalue weighted by atomic mass is 16.5.